The average Bonchev–Trinajstić information content (AvgIpc) is 2.28. The molecule has 0 aliphatic heterocycles. The molecule has 0 heterocycles. The zero-order valence-electron chi connectivity index (χ0n) is 11.8. The van der Waals surface area contributed by atoms with Crippen LogP contribution in [0.3, 0.4) is 0 Å². The van der Waals surface area contributed by atoms with Gasteiger partial charge in [0, 0.05) is 0 Å². The normalized spacial score (nSPS) is 11.9. The summed E-state index contributed by atoms with van der Waals surface area (Å²) in [5.41, 5.74) is -0.802. The van der Waals surface area contributed by atoms with Gasteiger partial charge in [-0.1, -0.05) is 11.6 Å². The minimum Gasteiger partial charge on any atom is -0.508 e. The summed E-state index contributed by atoms with van der Waals surface area (Å²) in [6.07, 6.45) is 0.291. The molecular weight excluding hydrogens is 298 g/mol. The Kier molecular flexibility index (Phi) is 5.21. The molecule has 114 valence electrons. The topological polar surface area (TPSA) is 95.9 Å². The number of aromatic hydroxyl groups is 1. The highest BCUT2D eigenvalue weighted by atomic mass is 35.5. The van der Waals surface area contributed by atoms with Crippen molar-refractivity contribution < 1.29 is 24.5 Å². The number of benzene rings is 1. The fourth-order valence-electron chi connectivity index (χ4n) is 1.35. The molecule has 0 saturated heterocycles. The Bertz CT molecular complexity index is 590. The summed E-state index contributed by atoms with van der Waals surface area (Å²) in [6, 6.07) is 4.04. The molecule has 1 aromatic rings. The molecule has 1 amide bonds. The number of phenols is 1. The van der Waals surface area contributed by atoms with Gasteiger partial charge in [-0.25, -0.2) is 9.59 Å². The second-order valence-electron chi connectivity index (χ2n) is 5.20. The fourth-order valence-corrected chi connectivity index (χ4v) is 1.58. The number of rotatable bonds is 3. The molecule has 1 rings (SSSR count). The molecule has 0 aliphatic carbocycles. The van der Waals surface area contributed by atoms with Crippen LogP contribution in [0.5, 0.6) is 5.75 Å². The lowest BCUT2D eigenvalue weighted by Gasteiger charge is -2.19. The molecule has 21 heavy (non-hydrogen) atoms. The molecule has 6 nitrogen and oxygen atoms in total. The van der Waals surface area contributed by atoms with Gasteiger partial charge in [0.1, 0.15) is 17.0 Å². The van der Waals surface area contributed by atoms with Crippen molar-refractivity contribution in [1.29, 1.82) is 0 Å². The predicted molar refractivity (Wildman–Crippen MR) is 78.1 cm³/mol. The van der Waals surface area contributed by atoms with Crippen molar-refractivity contribution in [2.75, 3.05) is 0 Å². The standard InChI is InChI=1S/C14H16ClNO5/c1-14(2,3)21-13(20)16-11(12(18)19)6-8-4-5-9(17)7-10(8)15/h4-7,17H,1-3H3,(H,16,20)(H,18,19)/b11-6-. The van der Waals surface area contributed by atoms with E-state index in [-0.39, 0.29) is 10.8 Å². The summed E-state index contributed by atoms with van der Waals surface area (Å²) < 4.78 is 4.98. The highest BCUT2D eigenvalue weighted by Crippen LogP contribution is 2.23. The van der Waals surface area contributed by atoms with E-state index >= 15 is 0 Å². The lowest BCUT2D eigenvalue weighted by atomic mass is 10.2. The summed E-state index contributed by atoms with van der Waals surface area (Å²) in [7, 11) is 0. The number of nitrogens with one attached hydrogen (secondary N) is 1. The van der Waals surface area contributed by atoms with Crippen molar-refractivity contribution in [3.8, 4) is 5.75 Å². The Morgan fingerprint density at radius 1 is 1.33 bits per heavy atom. The smallest absolute Gasteiger partial charge is 0.412 e. The number of carboxylic acids is 1. The highest BCUT2D eigenvalue weighted by molar-refractivity contribution is 6.32. The number of carboxylic acid groups (broad SMARTS) is 1. The van der Waals surface area contributed by atoms with Gasteiger partial charge in [-0.3, -0.25) is 5.32 Å². The van der Waals surface area contributed by atoms with Gasteiger partial charge in [0.2, 0.25) is 0 Å². The molecule has 0 aliphatic rings. The third kappa shape index (κ3) is 5.74. The van der Waals surface area contributed by atoms with Gasteiger partial charge in [0.15, 0.2) is 0 Å². The van der Waals surface area contributed by atoms with Gasteiger partial charge in [-0.15, -0.1) is 0 Å². The maximum absolute atomic E-state index is 11.6. The Morgan fingerprint density at radius 2 is 1.95 bits per heavy atom. The highest BCUT2D eigenvalue weighted by Gasteiger charge is 2.19. The van der Waals surface area contributed by atoms with Gasteiger partial charge in [0.25, 0.3) is 0 Å². The van der Waals surface area contributed by atoms with Crippen LogP contribution in [-0.2, 0) is 9.53 Å². The second kappa shape index (κ2) is 6.49. The van der Waals surface area contributed by atoms with Gasteiger partial charge in [0.05, 0.1) is 5.02 Å². The number of aliphatic carboxylic acids is 1. The minimum absolute atomic E-state index is 0.0471. The number of carbonyl (C=O) groups is 2. The Labute approximate surface area is 127 Å². The molecule has 7 heteroatoms. The van der Waals surface area contributed by atoms with E-state index in [0.29, 0.717) is 5.56 Å². The number of carbonyl (C=O) groups excluding carboxylic acids is 1. The molecule has 1 aromatic carbocycles. The Hall–Kier alpha value is -2.21. The lowest BCUT2D eigenvalue weighted by molar-refractivity contribution is -0.133. The van der Waals surface area contributed by atoms with Crippen LogP contribution in [-0.4, -0.2) is 27.9 Å². The number of hydrogen-bond acceptors (Lipinski definition) is 4. The van der Waals surface area contributed by atoms with E-state index < -0.39 is 23.4 Å². The average molecular weight is 314 g/mol. The van der Waals surface area contributed by atoms with E-state index in [0.717, 1.165) is 0 Å². The summed E-state index contributed by atoms with van der Waals surface area (Å²) in [6.45, 7) is 4.98. The maximum Gasteiger partial charge on any atom is 0.412 e. The molecule has 0 atom stereocenters. The first kappa shape index (κ1) is 16.8. The maximum atomic E-state index is 11.6. The number of halogens is 1. The van der Waals surface area contributed by atoms with Gasteiger partial charge in [-0.2, -0.15) is 0 Å². The van der Waals surface area contributed by atoms with E-state index in [1.54, 1.807) is 20.8 Å². The van der Waals surface area contributed by atoms with Crippen LogP contribution < -0.4 is 5.32 Å². The minimum atomic E-state index is -1.34. The molecular formula is C14H16ClNO5. The van der Waals surface area contributed by atoms with Gasteiger partial charge >= 0.3 is 12.1 Å². The SMILES string of the molecule is CC(C)(C)OC(=O)N/C(=C\c1ccc(O)cc1Cl)C(=O)O. The lowest BCUT2D eigenvalue weighted by Crippen LogP contribution is -2.34. The summed E-state index contributed by atoms with van der Waals surface area (Å²) >= 11 is 5.88. The zero-order valence-corrected chi connectivity index (χ0v) is 12.6. The van der Waals surface area contributed by atoms with Gasteiger partial charge in [-0.05, 0) is 50.6 Å². The van der Waals surface area contributed by atoms with E-state index in [1.165, 1.54) is 24.3 Å². The van der Waals surface area contributed by atoms with E-state index in [1.807, 2.05) is 0 Å². The molecule has 3 N–H and O–H groups in total. The first-order chi connectivity index (χ1) is 9.58. The molecule has 0 unspecified atom stereocenters. The van der Waals surface area contributed by atoms with Crippen molar-refractivity contribution in [2.24, 2.45) is 0 Å². The number of phenolic OH excluding ortho intramolecular Hbond substituents is 1. The molecule has 0 radical (unpaired) electrons. The van der Waals surface area contributed by atoms with Gasteiger partial charge < -0.3 is 14.9 Å². The summed E-state index contributed by atoms with van der Waals surface area (Å²) in [5.74, 6) is -1.39. The molecule has 0 aromatic heterocycles. The van der Waals surface area contributed by atoms with Crippen LogP contribution in [0.15, 0.2) is 23.9 Å². The van der Waals surface area contributed by atoms with Crippen LogP contribution >= 0.6 is 11.6 Å². The second-order valence-corrected chi connectivity index (χ2v) is 5.60. The quantitative estimate of drug-likeness (QED) is 0.745. The first-order valence-electron chi connectivity index (χ1n) is 6.02. The molecule has 0 saturated carbocycles. The summed E-state index contributed by atoms with van der Waals surface area (Å²) in [4.78, 5) is 22.7. The molecule has 0 fully saturated rings. The van der Waals surface area contributed by atoms with E-state index in [9.17, 15) is 14.7 Å². The molecule has 0 bridgehead atoms. The predicted octanol–water partition coefficient (Wildman–Crippen LogP) is 3.00. The largest absolute Gasteiger partial charge is 0.508 e. The van der Waals surface area contributed by atoms with E-state index in [2.05, 4.69) is 5.32 Å². The first-order valence-corrected chi connectivity index (χ1v) is 6.40. The Balaban J connectivity index is 2.99. The fraction of sp³-hybridized carbons (Fsp3) is 0.286. The van der Waals surface area contributed by atoms with Crippen LogP contribution in [0.25, 0.3) is 6.08 Å². The molecule has 0 spiro atoms. The zero-order chi connectivity index (χ0) is 16.2. The number of amides is 1. The Morgan fingerprint density at radius 3 is 2.43 bits per heavy atom. The van der Waals surface area contributed by atoms with Crippen molar-refractivity contribution in [1.82, 2.24) is 5.32 Å². The number of alkyl carbamates (subject to hydrolysis) is 1. The summed E-state index contributed by atoms with van der Waals surface area (Å²) in [5, 5.41) is 20.6. The monoisotopic (exact) mass is 313 g/mol. The third-order valence-electron chi connectivity index (χ3n) is 2.15. The van der Waals surface area contributed by atoms with Crippen LogP contribution in [0, 0.1) is 0 Å². The number of hydrogen-bond donors (Lipinski definition) is 3. The van der Waals surface area contributed by atoms with Crippen molar-refractivity contribution in [3.05, 3.63) is 34.5 Å². The number of ether oxygens (including phenoxy) is 1. The van der Waals surface area contributed by atoms with Crippen LogP contribution in [0.2, 0.25) is 5.02 Å². The van der Waals surface area contributed by atoms with E-state index in [4.69, 9.17) is 21.4 Å². The third-order valence-corrected chi connectivity index (χ3v) is 2.48. The van der Waals surface area contributed by atoms with Crippen molar-refractivity contribution in [3.63, 3.8) is 0 Å². The van der Waals surface area contributed by atoms with Crippen molar-refractivity contribution >= 4 is 29.7 Å². The van der Waals surface area contributed by atoms with Crippen LogP contribution in [0.1, 0.15) is 26.3 Å². The van der Waals surface area contributed by atoms with Crippen molar-refractivity contribution in [2.45, 2.75) is 26.4 Å². The van der Waals surface area contributed by atoms with Crippen LogP contribution in [0.4, 0.5) is 4.79 Å².